The summed E-state index contributed by atoms with van der Waals surface area (Å²) in [4.78, 5) is 12.1. The number of benzene rings is 2. The predicted octanol–water partition coefficient (Wildman–Crippen LogP) is 0.383. The highest BCUT2D eigenvalue weighted by molar-refractivity contribution is 7.90. The lowest BCUT2D eigenvalue weighted by Gasteiger charge is -2.31. The van der Waals surface area contributed by atoms with Gasteiger partial charge in [-0.25, -0.2) is 8.42 Å². The van der Waals surface area contributed by atoms with Gasteiger partial charge in [0.1, 0.15) is 0 Å². The van der Waals surface area contributed by atoms with Crippen LogP contribution in [0.4, 0.5) is 0 Å². The zero-order chi connectivity index (χ0) is 18.6. The Bertz CT molecular complexity index is 802. The zero-order valence-electron chi connectivity index (χ0n) is 14.1. The van der Waals surface area contributed by atoms with E-state index in [4.69, 9.17) is 0 Å². The lowest BCUT2D eigenvalue weighted by Crippen LogP contribution is -2.62. The van der Waals surface area contributed by atoms with Crippen LogP contribution in [0.25, 0.3) is 0 Å². The van der Waals surface area contributed by atoms with Gasteiger partial charge in [-0.2, -0.15) is 4.31 Å². The van der Waals surface area contributed by atoms with E-state index in [0.717, 1.165) is 11.1 Å². The summed E-state index contributed by atoms with van der Waals surface area (Å²) >= 11 is 0. The largest absolute Gasteiger partial charge is 0.361 e. The van der Waals surface area contributed by atoms with Crippen LogP contribution in [0.2, 0.25) is 0 Å². The second-order valence-corrected chi connectivity index (χ2v) is 8.21. The Morgan fingerprint density at radius 1 is 0.962 bits per heavy atom. The highest BCUT2D eigenvalue weighted by atomic mass is 32.2. The van der Waals surface area contributed by atoms with Crippen LogP contribution in [0, 0.1) is 0 Å². The number of carbonyl (C=O) groups excluding carboxylic acids is 1. The van der Waals surface area contributed by atoms with Gasteiger partial charge < -0.3 is 10.4 Å². The molecule has 0 spiro atoms. The lowest BCUT2D eigenvalue weighted by atomic mass is 10.2. The van der Waals surface area contributed by atoms with E-state index in [0.29, 0.717) is 0 Å². The molecular weight excluding hydrogens is 354 g/mol. The van der Waals surface area contributed by atoms with E-state index in [2.05, 4.69) is 10.6 Å². The molecular formula is C18H21N3O4S. The van der Waals surface area contributed by atoms with E-state index >= 15 is 0 Å². The third-order valence-corrected chi connectivity index (χ3v) is 6.27. The van der Waals surface area contributed by atoms with Gasteiger partial charge >= 0.3 is 0 Å². The third-order valence-electron chi connectivity index (χ3n) is 4.19. The Labute approximate surface area is 152 Å². The number of hydrogen-bond acceptors (Lipinski definition) is 5. The second-order valence-electron chi connectivity index (χ2n) is 6.09. The molecule has 1 saturated heterocycles. The molecule has 8 heteroatoms. The average Bonchev–Trinajstić information content (AvgIpc) is 2.62. The Morgan fingerprint density at radius 3 is 1.92 bits per heavy atom. The molecule has 3 N–H and O–H groups in total. The minimum Gasteiger partial charge on any atom is -0.361 e. The quantitative estimate of drug-likeness (QED) is 0.678. The van der Waals surface area contributed by atoms with Crippen molar-refractivity contribution in [2.24, 2.45) is 0 Å². The molecule has 0 radical (unpaired) electrons. The number of amides is 1. The van der Waals surface area contributed by atoms with Crippen molar-refractivity contribution in [3.63, 3.8) is 0 Å². The number of carbonyl (C=O) groups is 1. The summed E-state index contributed by atoms with van der Waals surface area (Å²) in [5.74, 6) is -0.706. The molecule has 1 fully saturated rings. The highest BCUT2D eigenvalue weighted by Gasteiger charge is 2.40. The minimum absolute atomic E-state index is 0.143. The zero-order valence-corrected chi connectivity index (χ0v) is 14.9. The Morgan fingerprint density at radius 2 is 1.46 bits per heavy atom. The molecule has 0 bridgehead atoms. The number of nitrogens with zero attached hydrogens (tertiary/aromatic N) is 1. The summed E-state index contributed by atoms with van der Waals surface area (Å²) in [7, 11) is -3.95. The van der Waals surface area contributed by atoms with Gasteiger partial charge in [-0.05, 0) is 11.1 Å². The van der Waals surface area contributed by atoms with Crippen molar-refractivity contribution in [1.29, 1.82) is 0 Å². The lowest BCUT2D eigenvalue weighted by molar-refractivity contribution is -0.126. The van der Waals surface area contributed by atoms with E-state index in [1.807, 2.05) is 60.7 Å². The van der Waals surface area contributed by atoms with Gasteiger partial charge in [-0.15, -0.1) is 0 Å². The molecule has 0 aromatic heterocycles. The fourth-order valence-corrected chi connectivity index (χ4v) is 4.48. The van der Waals surface area contributed by atoms with E-state index < -0.39 is 27.5 Å². The number of rotatable bonds is 6. The van der Waals surface area contributed by atoms with Gasteiger partial charge in [0.05, 0.1) is 0 Å². The van der Waals surface area contributed by atoms with Crippen molar-refractivity contribution in [2.75, 3.05) is 6.54 Å². The number of hydrogen-bond donors (Lipinski definition) is 3. The Balaban J connectivity index is 1.89. The monoisotopic (exact) mass is 375 g/mol. The second kappa shape index (κ2) is 7.96. The van der Waals surface area contributed by atoms with Crippen LogP contribution in [-0.2, 0) is 27.9 Å². The van der Waals surface area contributed by atoms with Crippen molar-refractivity contribution in [2.45, 2.75) is 24.7 Å². The summed E-state index contributed by atoms with van der Waals surface area (Å²) in [5, 5.41) is 12.9. The molecule has 1 aliphatic heterocycles. The molecule has 2 aromatic carbocycles. The van der Waals surface area contributed by atoms with Crippen LogP contribution in [0.5, 0.6) is 0 Å². The van der Waals surface area contributed by atoms with Crippen molar-refractivity contribution >= 4 is 15.9 Å². The first kappa shape index (κ1) is 18.5. The number of nitrogens with one attached hydrogen (secondary N) is 2. The van der Waals surface area contributed by atoms with E-state index in [1.54, 1.807) is 0 Å². The molecule has 1 heterocycles. The minimum atomic E-state index is -3.95. The molecule has 0 aliphatic carbocycles. The van der Waals surface area contributed by atoms with Crippen molar-refractivity contribution in [3.8, 4) is 0 Å². The standard InChI is InChI=1S/C18H21N3O4S/c22-17-16(11-19-18(23)20-17)26(24,25)21(12-14-7-3-1-4-8-14)13-15-9-5-2-6-10-15/h1-10,16,18-19,23H,11-13H2,(H,20,22). The summed E-state index contributed by atoms with van der Waals surface area (Å²) in [6.07, 6.45) is -1.23. The SMILES string of the molecule is O=C1NC(O)NCC1S(=O)(=O)N(Cc1ccccc1)Cc1ccccc1. The third kappa shape index (κ3) is 4.28. The maximum absolute atomic E-state index is 13.2. The van der Waals surface area contributed by atoms with Gasteiger partial charge in [-0.3, -0.25) is 10.1 Å². The van der Waals surface area contributed by atoms with Crippen LogP contribution < -0.4 is 10.6 Å². The fourth-order valence-electron chi connectivity index (χ4n) is 2.82. The number of sulfonamides is 1. The van der Waals surface area contributed by atoms with Gasteiger partial charge in [0.25, 0.3) is 0 Å². The molecule has 7 nitrogen and oxygen atoms in total. The maximum Gasteiger partial charge on any atom is 0.244 e. The summed E-state index contributed by atoms with van der Waals surface area (Å²) in [5.41, 5.74) is 1.66. The van der Waals surface area contributed by atoms with E-state index in [1.165, 1.54) is 4.31 Å². The molecule has 2 atom stereocenters. The van der Waals surface area contributed by atoms with Crippen LogP contribution in [0.1, 0.15) is 11.1 Å². The van der Waals surface area contributed by atoms with Crippen LogP contribution in [0.3, 0.4) is 0 Å². The molecule has 2 unspecified atom stereocenters. The summed E-state index contributed by atoms with van der Waals surface area (Å²) < 4.78 is 27.6. The molecule has 138 valence electrons. The Kier molecular flexibility index (Phi) is 5.67. The van der Waals surface area contributed by atoms with Crippen LogP contribution in [0.15, 0.2) is 60.7 Å². The topological polar surface area (TPSA) is 98.7 Å². The van der Waals surface area contributed by atoms with Gasteiger partial charge in [0, 0.05) is 19.6 Å². The molecule has 1 aliphatic rings. The Hall–Kier alpha value is -2.26. The molecule has 2 aromatic rings. The molecule has 26 heavy (non-hydrogen) atoms. The molecule has 1 amide bonds. The molecule has 0 saturated carbocycles. The van der Waals surface area contributed by atoms with Crippen LogP contribution >= 0.6 is 0 Å². The number of aliphatic hydroxyl groups excluding tert-OH is 1. The fraction of sp³-hybridized carbons (Fsp3) is 0.278. The summed E-state index contributed by atoms with van der Waals surface area (Å²) in [6, 6.07) is 18.5. The summed E-state index contributed by atoms with van der Waals surface area (Å²) in [6.45, 7) is 0.171. The van der Waals surface area contributed by atoms with Crippen molar-refractivity contribution in [1.82, 2.24) is 14.9 Å². The number of aliphatic hydroxyl groups is 1. The van der Waals surface area contributed by atoms with E-state index in [-0.39, 0.29) is 19.6 Å². The van der Waals surface area contributed by atoms with Gasteiger partial charge in [-0.1, -0.05) is 60.7 Å². The van der Waals surface area contributed by atoms with Gasteiger partial charge in [0.15, 0.2) is 11.6 Å². The van der Waals surface area contributed by atoms with Crippen molar-refractivity contribution in [3.05, 3.63) is 71.8 Å². The maximum atomic E-state index is 13.2. The first-order chi connectivity index (χ1) is 12.5. The highest BCUT2D eigenvalue weighted by Crippen LogP contribution is 2.19. The van der Waals surface area contributed by atoms with E-state index in [9.17, 15) is 18.3 Å². The molecule has 3 rings (SSSR count). The first-order valence-electron chi connectivity index (χ1n) is 8.25. The predicted molar refractivity (Wildman–Crippen MR) is 97.0 cm³/mol. The van der Waals surface area contributed by atoms with Crippen LogP contribution in [-0.4, -0.2) is 41.9 Å². The smallest absolute Gasteiger partial charge is 0.244 e. The normalized spacial score (nSPS) is 20.8. The van der Waals surface area contributed by atoms with Crippen molar-refractivity contribution < 1.29 is 18.3 Å². The van der Waals surface area contributed by atoms with Gasteiger partial charge in [0.2, 0.25) is 15.9 Å². The average molecular weight is 375 g/mol. The first-order valence-corrected chi connectivity index (χ1v) is 9.76.